The van der Waals surface area contributed by atoms with Gasteiger partial charge in [0.05, 0.1) is 115 Å². The van der Waals surface area contributed by atoms with Gasteiger partial charge in [-0.3, -0.25) is 33.6 Å². The number of nitrogen functional groups attached to an aromatic ring is 1. The zero-order chi connectivity index (χ0) is 69.8. The molecule has 25 heteroatoms. The van der Waals surface area contributed by atoms with Gasteiger partial charge in [-0.15, -0.1) is 0 Å². The zero-order valence-corrected chi connectivity index (χ0v) is 55.3. The maximum Gasteiger partial charge on any atom is 0.343 e. The standard InChI is InChI=1S/C25H24N2O6.C22H20N2O5.C15H15NO6.C10H13NO2/c1-5-13-15-9-12(31-3)7-8-18(15)26-21-16(13)10-27-22(21)20(25(30)32-4)19-14(6-2)24(29)33-11-17(19)23(27)28;1-3-12-13-7-11(25)5-6-17(13)23-19-14(12)9-24-18(19)8-16-15(20(24)26)10-29-21(27)22(16,28)4-2;1-3-7-10-8(6-22-14(7)19)13(18)16-5-4-9(17)12(16)11(10)15(20)21-2;1-3-10(12)8-6-7(13-2)4-5-9(8)11/h7-9,14H,5-6,10-11H2,1-4H3;5-8,25,28H,3-4,9-10H2,1-2H3;7H,3-6H2,1-2H3;4-6H,3,11H2,1-2H3. The molecule has 0 saturated heterocycles. The smallest absolute Gasteiger partial charge is 0.343 e. The summed E-state index contributed by atoms with van der Waals surface area (Å²) in [5.74, 6) is -3.09. The van der Waals surface area contributed by atoms with Crippen LogP contribution in [0.2, 0.25) is 0 Å². The summed E-state index contributed by atoms with van der Waals surface area (Å²) in [6, 6.07) is 17.5. The van der Waals surface area contributed by atoms with E-state index in [1.165, 1.54) is 18.8 Å². The van der Waals surface area contributed by atoms with Gasteiger partial charge < -0.3 is 62.8 Å². The molecule has 4 N–H and O–H groups in total. The van der Waals surface area contributed by atoms with Gasteiger partial charge in [-0.05, 0) is 115 Å². The van der Waals surface area contributed by atoms with Gasteiger partial charge >= 0.3 is 29.8 Å². The van der Waals surface area contributed by atoms with Crippen LogP contribution >= 0.6 is 0 Å². The number of cyclic esters (lactones) is 3. The largest absolute Gasteiger partial charge is 0.508 e. The number of aliphatic hydroxyl groups is 1. The van der Waals surface area contributed by atoms with Crippen molar-refractivity contribution in [3.8, 4) is 40.0 Å². The Balaban J connectivity index is 0.000000137. The van der Waals surface area contributed by atoms with Crippen LogP contribution in [0.25, 0.3) is 44.6 Å². The number of anilines is 1. The molecule has 8 aromatic rings. The summed E-state index contributed by atoms with van der Waals surface area (Å²) < 4.78 is 40.3. The molecule has 0 spiro atoms. The number of methoxy groups -OCH3 is 4. The fraction of sp³-hybridized carbons (Fsp3) is 0.361. The molecule has 3 unspecified atom stereocenters. The van der Waals surface area contributed by atoms with Crippen molar-refractivity contribution in [1.29, 1.82) is 0 Å². The average Bonchev–Trinajstić information content (AvgIpc) is 1.61. The molecule has 0 radical (unpaired) electrons. The van der Waals surface area contributed by atoms with Gasteiger partial charge in [0.2, 0.25) is 0 Å². The number of esters is 5. The number of hydrogen-bond acceptors (Lipinski definition) is 22. The zero-order valence-electron chi connectivity index (χ0n) is 55.3. The van der Waals surface area contributed by atoms with E-state index in [1.807, 2.05) is 39.0 Å². The molecule has 0 fully saturated rings. The maximum atomic E-state index is 13.6. The van der Waals surface area contributed by atoms with Crippen LogP contribution in [0.3, 0.4) is 0 Å². The molecular formula is C72H72N6O19. The number of hydrogen-bond donors (Lipinski definition) is 3. The molecule has 0 aliphatic carbocycles. The Kier molecular flexibility index (Phi) is 18.6. The van der Waals surface area contributed by atoms with E-state index < -0.39 is 47.3 Å². The van der Waals surface area contributed by atoms with E-state index in [9.17, 15) is 58.2 Å². The van der Waals surface area contributed by atoms with Gasteiger partial charge in [-0.2, -0.15) is 0 Å². The van der Waals surface area contributed by atoms with E-state index in [0.29, 0.717) is 106 Å². The molecule has 6 aliphatic rings. The van der Waals surface area contributed by atoms with E-state index in [4.69, 9.17) is 48.9 Å². The molecule has 97 heavy (non-hydrogen) atoms. The van der Waals surface area contributed by atoms with Gasteiger partial charge in [-0.1, -0.05) is 41.5 Å². The third-order valence-electron chi connectivity index (χ3n) is 18.9. The minimum absolute atomic E-state index is 0.0383. The van der Waals surface area contributed by atoms with Crippen LogP contribution < -0.4 is 31.9 Å². The molecule has 25 nitrogen and oxygen atoms in total. The number of benzene rings is 3. The molecule has 0 amide bonds. The molecule has 504 valence electrons. The summed E-state index contributed by atoms with van der Waals surface area (Å²) in [6.07, 6.45) is 2.92. The molecule has 14 rings (SSSR count). The highest BCUT2D eigenvalue weighted by molar-refractivity contribution is 6.08. The third-order valence-corrected chi connectivity index (χ3v) is 18.9. The van der Waals surface area contributed by atoms with Crippen LogP contribution in [0.15, 0.2) is 75.0 Å². The molecule has 6 aliphatic heterocycles. The first kappa shape index (κ1) is 67.6. The van der Waals surface area contributed by atoms with Crippen molar-refractivity contribution in [2.45, 2.75) is 143 Å². The second kappa shape index (κ2) is 26.8. The van der Waals surface area contributed by atoms with Crippen LogP contribution in [-0.2, 0) is 96.0 Å². The second-order valence-corrected chi connectivity index (χ2v) is 23.8. The number of ketones is 2. The molecule has 0 saturated carbocycles. The lowest BCUT2D eigenvalue weighted by Crippen LogP contribution is -2.44. The summed E-state index contributed by atoms with van der Waals surface area (Å²) >= 11 is 0. The number of fused-ring (bicyclic) bond motifs is 12. The number of nitrogens with zero attached hydrogens (tertiary/aromatic N) is 5. The lowest BCUT2D eigenvalue weighted by atomic mass is 9.85. The quantitative estimate of drug-likeness (QED) is 0.0474. The van der Waals surface area contributed by atoms with Crippen molar-refractivity contribution >= 4 is 68.9 Å². The van der Waals surface area contributed by atoms with Crippen molar-refractivity contribution in [3.63, 3.8) is 0 Å². The minimum atomic E-state index is -1.83. The molecule has 5 aromatic heterocycles. The van der Waals surface area contributed by atoms with Crippen molar-refractivity contribution in [3.05, 3.63) is 170 Å². The number of phenols is 1. The highest BCUT2D eigenvalue weighted by Gasteiger charge is 2.47. The van der Waals surface area contributed by atoms with E-state index in [2.05, 4.69) is 0 Å². The molecule has 3 aromatic carbocycles. The number of Topliss-reactive ketones (excluding diaryl/α,β-unsaturated/α-hetero) is 2. The van der Waals surface area contributed by atoms with Gasteiger partial charge in [0.1, 0.15) is 42.8 Å². The molecule has 0 bridgehead atoms. The number of aromatic nitrogens is 5. The number of carbonyl (C=O) groups is 7. The first-order valence-corrected chi connectivity index (χ1v) is 31.9. The number of carbonyl (C=O) groups excluding carboxylic acids is 7. The van der Waals surface area contributed by atoms with Gasteiger partial charge in [0.15, 0.2) is 17.2 Å². The van der Waals surface area contributed by atoms with E-state index >= 15 is 0 Å². The Bertz CT molecular complexity index is 4910. The summed E-state index contributed by atoms with van der Waals surface area (Å²) in [5.41, 5.74) is 13.9. The summed E-state index contributed by atoms with van der Waals surface area (Å²) in [6.45, 7) is 11.5. The summed E-state index contributed by atoms with van der Waals surface area (Å²) in [4.78, 5) is 135. The highest BCUT2D eigenvalue weighted by Crippen LogP contribution is 2.45. The third kappa shape index (κ3) is 11.2. The Hall–Kier alpha value is -10.8. The van der Waals surface area contributed by atoms with Gasteiger partial charge in [-0.25, -0.2) is 24.4 Å². The number of phenolic OH excluding ortho intramolecular Hbond substituents is 1. The van der Waals surface area contributed by atoms with Crippen molar-refractivity contribution < 1.29 is 76.9 Å². The molecular weight excluding hydrogens is 1250 g/mol. The Morgan fingerprint density at radius 3 is 1.69 bits per heavy atom. The first-order chi connectivity index (χ1) is 46.5. The number of ether oxygens (including phenoxy) is 7. The monoisotopic (exact) mass is 1320 g/mol. The molecule has 3 atom stereocenters. The predicted octanol–water partition coefficient (Wildman–Crippen LogP) is 8.32. The number of aryl methyl sites for hydroxylation is 2. The topological polar surface area (TPSA) is 342 Å². The van der Waals surface area contributed by atoms with E-state index in [-0.39, 0.29) is 102 Å². The number of rotatable bonds is 11. The van der Waals surface area contributed by atoms with Crippen LogP contribution in [0, 0.1) is 0 Å². The first-order valence-electron chi connectivity index (χ1n) is 31.9. The van der Waals surface area contributed by atoms with E-state index in [1.54, 1.807) is 86.6 Å². The fourth-order valence-electron chi connectivity index (χ4n) is 14.0. The van der Waals surface area contributed by atoms with Crippen molar-refractivity contribution in [2.24, 2.45) is 0 Å². The second-order valence-electron chi connectivity index (χ2n) is 23.8. The van der Waals surface area contributed by atoms with Crippen LogP contribution in [0.4, 0.5) is 5.69 Å². The lowest BCUT2D eigenvalue weighted by Gasteiger charge is -2.31. The minimum Gasteiger partial charge on any atom is -0.508 e. The Labute approximate surface area is 554 Å². The summed E-state index contributed by atoms with van der Waals surface area (Å²) in [7, 11) is 5.68. The Morgan fingerprint density at radius 1 is 0.608 bits per heavy atom. The lowest BCUT2D eigenvalue weighted by molar-refractivity contribution is -0.172. The van der Waals surface area contributed by atoms with Gasteiger partial charge in [0.25, 0.3) is 16.7 Å². The predicted molar refractivity (Wildman–Crippen MR) is 352 cm³/mol. The number of nitrogens with two attached hydrogens (primary N) is 1. The maximum absolute atomic E-state index is 13.6. The Morgan fingerprint density at radius 2 is 1.12 bits per heavy atom. The van der Waals surface area contributed by atoms with Crippen molar-refractivity contribution in [2.75, 3.05) is 34.2 Å². The van der Waals surface area contributed by atoms with Crippen molar-refractivity contribution in [1.82, 2.24) is 23.7 Å². The average molecular weight is 1330 g/mol. The van der Waals surface area contributed by atoms with Crippen LogP contribution in [0.5, 0.6) is 17.2 Å². The highest BCUT2D eigenvalue weighted by atomic mass is 16.6. The van der Waals surface area contributed by atoms with Crippen LogP contribution in [-0.4, -0.2) is 104 Å². The normalized spacial score (nSPS) is 17.1. The SMILES string of the molecule is CCC(=O)c1cc(OC)ccc1N.CCC1C(=O)OCc2c1c(C(=O)OC)c1n(c2=O)CCC1=O.CCc1c2c(nc3ccc(O)cc13)-c1cc3c(c(=O)n1C2)COC(=O)C3(O)CC.CCc1c2c(nc3ccc(OC)cc13)-c1c(C(=O)OC)c3c(c(=O)n1C2)COC(=O)C3CC. The summed E-state index contributed by atoms with van der Waals surface area (Å²) in [5, 5.41) is 22.7. The number of pyridine rings is 5. The number of aromatic hydroxyl groups is 1. The van der Waals surface area contributed by atoms with E-state index in [0.717, 1.165) is 49.8 Å². The van der Waals surface area contributed by atoms with Crippen LogP contribution in [0.1, 0.15) is 183 Å². The fourth-order valence-corrected chi connectivity index (χ4v) is 14.0. The molecule has 11 heterocycles. The van der Waals surface area contributed by atoms with Gasteiger partial charge in [0, 0.05) is 58.1 Å².